The van der Waals surface area contributed by atoms with Crippen LogP contribution >= 0.6 is 0 Å². The Kier molecular flexibility index (Phi) is 6.67. The van der Waals surface area contributed by atoms with Crippen molar-refractivity contribution >= 4 is 11.8 Å². The highest BCUT2D eigenvalue weighted by Crippen LogP contribution is 2.04. The van der Waals surface area contributed by atoms with Gasteiger partial charge in [-0.05, 0) is 12.3 Å². The van der Waals surface area contributed by atoms with E-state index in [1.807, 2.05) is 13.8 Å². The van der Waals surface area contributed by atoms with Crippen LogP contribution in [0.1, 0.15) is 26.7 Å². The van der Waals surface area contributed by atoms with Crippen LogP contribution in [0, 0.1) is 5.92 Å². The average molecular weight is 231 g/mol. The molecule has 2 unspecified atom stereocenters. The Morgan fingerprint density at radius 2 is 1.94 bits per heavy atom. The molecule has 0 aliphatic rings. The zero-order valence-electron chi connectivity index (χ0n) is 9.77. The molecule has 2 atom stereocenters. The SMILES string of the molecule is CC(C)CC(CO)NC(=O)C(N)CC(N)=O. The summed E-state index contributed by atoms with van der Waals surface area (Å²) in [7, 11) is 0. The Labute approximate surface area is 95.4 Å². The molecule has 0 aromatic rings. The van der Waals surface area contributed by atoms with Crippen LogP contribution in [0.5, 0.6) is 0 Å². The summed E-state index contributed by atoms with van der Waals surface area (Å²) in [4.78, 5) is 22.0. The first-order valence-corrected chi connectivity index (χ1v) is 5.32. The lowest BCUT2D eigenvalue weighted by molar-refractivity contribution is -0.127. The normalized spacial score (nSPS) is 14.6. The van der Waals surface area contributed by atoms with Crippen LogP contribution in [0.4, 0.5) is 0 Å². The fourth-order valence-electron chi connectivity index (χ4n) is 1.37. The second-order valence-electron chi connectivity index (χ2n) is 4.29. The van der Waals surface area contributed by atoms with E-state index < -0.39 is 17.9 Å². The van der Waals surface area contributed by atoms with Gasteiger partial charge in [-0.1, -0.05) is 13.8 Å². The van der Waals surface area contributed by atoms with Gasteiger partial charge in [0.15, 0.2) is 0 Å². The van der Waals surface area contributed by atoms with Gasteiger partial charge in [-0.3, -0.25) is 9.59 Å². The predicted octanol–water partition coefficient (Wildman–Crippen LogP) is -1.29. The lowest BCUT2D eigenvalue weighted by Gasteiger charge is -2.20. The number of hydrogen-bond acceptors (Lipinski definition) is 4. The van der Waals surface area contributed by atoms with E-state index in [2.05, 4.69) is 5.32 Å². The molecule has 94 valence electrons. The summed E-state index contributed by atoms with van der Waals surface area (Å²) in [5, 5.41) is 11.6. The first-order chi connectivity index (χ1) is 7.36. The van der Waals surface area contributed by atoms with Gasteiger partial charge in [0, 0.05) is 0 Å². The van der Waals surface area contributed by atoms with Crippen LogP contribution in [-0.2, 0) is 9.59 Å². The number of primary amides is 1. The summed E-state index contributed by atoms with van der Waals surface area (Å²) in [5.74, 6) is -0.727. The Bertz CT molecular complexity index is 243. The Morgan fingerprint density at radius 3 is 2.31 bits per heavy atom. The van der Waals surface area contributed by atoms with E-state index in [4.69, 9.17) is 16.6 Å². The quantitative estimate of drug-likeness (QED) is 0.436. The van der Waals surface area contributed by atoms with Crippen molar-refractivity contribution in [3.63, 3.8) is 0 Å². The van der Waals surface area contributed by atoms with E-state index >= 15 is 0 Å². The molecule has 2 amide bonds. The molecule has 0 aromatic carbocycles. The fourth-order valence-corrected chi connectivity index (χ4v) is 1.37. The van der Waals surface area contributed by atoms with E-state index in [-0.39, 0.29) is 19.1 Å². The smallest absolute Gasteiger partial charge is 0.237 e. The van der Waals surface area contributed by atoms with Gasteiger partial charge in [0.2, 0.25) is 11.8 Å². The molecule has 6 N–H and O–H groups in total. The summed E-state index contributed by atoms with van der Waals surface area (Å²) in [6.45, 7) is 3.82. The molecule has 0 spiro atoms. The van der Waals surface area contributed by atoms with E-state index in [1.54, 1.807) is 0 Å². The first kappa shape index (κ1) is 14.9. The third-order valence-electron chi connectivity index (χ3n) is 2.08. The summed E-state index contributed by atoms with van der Waals surface area (Å²) in [6.07, 6.45) is 0.469. The Morgan fingerprint density at radius 1 is 1.38 bits per heavy atom. The van der Waals surface area contributed by atoms with Gasteiger partial charge < -0.3 is 21.9 Å². The van der Waals surface area contributed by atoms with E-state index in [9.17, 15) is 9.59 Å². The second kappa shape index (κ2) is 7.19. The zero-order valence-corrected chi connectivity index (χ0v) is 9.77. The van der Waals surface area contributed by atoms with Gasteiger partial charge in [0.05, 0.1) is 25.1 Å². The molecule has 16 heavy (non-hydrogen) atoms. The molecular formula is C10H21N3O3. The van der Waals surface area contributed by atoms with Crippen molar-refractivity contribution in [2.45, 2.75) is 38.8 Å². The maximum Gasteiger partial charge on any atom is 0.237 e. The van der Waals surface area contributed by atoms with Crippen molar-refractivity contribution in [2.75, 3.05) is 6.61 Å². The van der Waals surface area contributed by atoms with E-state index in [1.165, 1.54) is 0 Å². The number of aliphatic hydroxyl groups is 1. The van der Waals surface area contributed by atoms with Crippen LogP contribution < -0.4 is 16.8 Å². The maximum atomic E-state index is 11.5. The van der Waals surface area contributed by atoms with Crippen molar-refractivity contribution in [3.05, 3.63) is 0 Å². The lowest BCUT2D eigenvalue weighted by atomic mass is 10.0. The maximum absolute atomic E-state index is 11.5. The van der Waals surface area contributed by atoms with Gasteiger partial charge in [-0.2, -0.15) is 0 Å². The van der Waals surface area contributed by atoms with Gasteiger partial charge in [0.1, 0.15) is 0 Å². The van der Waals surface area contributed by atoms with Crippen LogP contribution in [-0.4, -0.2) is 35.6 Å². The number of aliphatic hydroxyl groups excluding tert-OH is 1. The van der Waals surface area contributed by atoms with Crippen molar-refractivity contribution in [1.29, 1.82) is 0 Å². The third-order valence-corrected chi connectivity index (χ3v) is 2.08. The molecule has 0 saturated carbocycles. The van der Waals surface area contributed by atoms with Crippen LogP contribution in [0.15, 0.2) is 0 Å². The number of hydrogen-bond donors (Lipinski definition) is 4. The van der Waals surface area contributed by atoms with E-state index in [0.717, 1.165) is 0 Å². The zero-order chi connectivity index (χ0) is 12.7. The number of nitrogens with one attached hydrogen (secondary N) is 1. The molecule has 0 bridgehead atoms. The lowest BCUT2D eigenvalue weighted by Crippen LogP contribution is -2.48. The van der Waals surface area contributed by atoms with Crippen molar-refractivity contribution in [1.82, 2.24) is 5.32 Å². The standard InChI is InChI=1S/C10H21N3O3/c1-6(2)3-7(5-14)13-10(16)8(11)4-9(12)15/h6-8,14H,3-5,11H2,1-2H3,(H2,12,15)(H,13,16). The Balaban J connectivity index is 4.13. The molecule has 6 heteroatoms. The second-order valence-corrected chi connectivity index (χ2v) is 4.29. The van der Waals surface area contributed by atoms with Gasteiger partial charge in [-0.15, -0.1) is 0 Å². The molecule has 0 rings (SSSR count). The fraction of sp³-hybridized carbons (Fsp3) is 0.800. The minimum atomic E-state index is -0.946. The molecular weight excluding hydrogens is 210 g/mol. The number of carbonyl (C=O) groups is 2. The molecule has 0 aliphatic heterocycles. The summed E-state index contributed by atoms with van der Waals surface area (Å²) < 4.78 is 0. The summed E-state index contributed by atoms with van der Waals surface area (Å²) >= 11 is 0. The highest BCUT2D eigenvalue weighted by Gasteiger charge is 2.19. The number of carbonyl (C=O) groups excluding carboxylic acids is 2. The minimum absolute atomic E-state index is 0.146. The average Bonchev–Trinajstić information content (AvgIpc) is 2.14. The van der Waals surface area contributed by atoms with Gasteiger partial charge in [-0.25, -0.2) is 0 Å². The molecule has 0 radical (unpaired) electrons. The summed E-state index contributed by atoms with van der Waals surface area (Å²) in [6, 6.07) is -1.27. The van der Waals surface area contributed by atoms with Crippen LogP contribution in [0.25, 0.3) is 0 Å². The van der Waals surface area contributed by atoms with Crippen molar-refractivity contribution in [3.8, 4) is 0 Å². The molecule has 0 aromatic heterocycles. The molecule has 6 nitrogen and oxygen atoms in total. The Hall–Kier alpha value is -1.14. The first-order valence-electron chi connectivity index (χ1n) is 5.32. The number of rotatable bonds is 7. The van der Waals surface area contributed by atoms with Crippen molar-refractivity contribution < 1.29 is 14.7 Å². The highest BCUT2D eigenvalue weighted by atomic mass is 16.3. The van der Waals surface area contributed by atoms with Crippen molar-refractivity contribution in [2.24, 2.45) is 17.4 Å². The minimum Gasteiger partial charge on any atom is -0.394 e. The largest absolute Gasteiger partial charge is 0.394 e. The molecule has 0 fully saturated rings. The number of nitrogens with two attached hydrogens (primary N) is 2. The summed E-state index contributed by atoms with van der Waals surface area (Å²) in [5.41, 5.74) is 10.4. The molecule has 0 saturated heterocycles. The molecule has 0 aliphatic carbocycles. The highest BCUT2D eigenvalue weighted by molar-refractivity contribution is 5.87. The monoisotopic (exact) mass is 231 g/mol. The molecule has 0 heterocycles. The van der Waals surface area contributed by atoms with Crippen LogP contribution in [0.3, 0.4) is 0 Å². The van der Waals surface area contributed by atoms with Gasteiger partial charge in [0.25, 0.3) is 0 Å². The third kappa shape index (κ3) is 6.36. The predicted molar refractivity (Wildman–Crippen MR) is 60.3 cm³/mol. The topological polar surface area (TPSA) is 118 Å². The number of amides is 2. The van der Waals surface area contributed by atoms with E-state index in [0.29, 0.717) is 12.3 Å². The van der Waals surface area contributed by atoms with Crippen LogP contribution in [0.2, 0.25) is 0 Å². The van der Waals surface area contributed by atoms with Gasteiger partial charge >= 0.3 is 0 Å².